The SMILES string of the molecule is [Cs+].[O-]C(F)(C(F)(F)F)C(F)(F)F. The van der Waals surface area contributed by atoms with Gasteiger partial charge >= 0.3 is 81.2 Å². The first-order valence-electron chi connectivity index (χ1n) is 2.03. The number of halogens is 7. The van der Waals surface area contributed by atoms with Gasteiger partial charge < -0.3 is 5.11 Å². The average molecular weight is 318 g/mol. The minimum atomic E-state index is -6.47. The van der Waals surface area contributed by atoms with Gasteiger partial charge in [0.15, 0.2) is 0 Å². The molecule has 9 heteroatoms. The Kier molecular flexibility index (Phi) is 5.81. The Morgan fingerprint density at radius 3 is 0.833 bits per heavy atom. The quantitative estimate of drug-likeness (QED) is 0.481. The van der Waals surface area contributed by atoms with Gasteiger partial charge in [0.2, 0.25) is 5.85 Å². The summed E-state index contributed by atoms with van der Waals surface area (Å²) in [4.78, 5) is 0. The topological polar surface area (TPSA) is 23.1 Å². The summed E-state index contributed by atoms with van der Waals surface area (Å²) in [6.45, 7) is 0. The maximum Gasteiger partial charge on any atom is 1.00 e. The molecule has 0 aliphatic rings. The molecule has 0 aliphatic heterocycles. The van der Waals surface area contributed by atoms with Gasteiger partial charge in [0.25, 0.3) is 0 Å². The smallest absolute Gasteiger partial charge is 0.811 e. The van der Waals surface area contributed by atoms with Crippen molar-refractivity contribution >= 4 is 0 Å². The molecule has 0 rings (SSSR count). The third-order valence-corrected chi connectivity index (χ3v) is 0.729. The van der Waals surface area contributed by atoms with E-state index in [2.05, 4.69) is 0 Å². The van der Waals surface area contributed by atoms with Crippen LogP contribution in [0.25, 0.3) is 0 Å². The number of rotatable bonds is 0. The van der Waals surface area contributed by atoms with Crippen molar-refractivity contribution in [2.45, 2.75) is 18.2 Å². The van der Waals surface area contributed by atoms with E-state index in [0.717, 1.165) is 0 Å². The molecule has 0 heterocycles. The molecule has 0 aromatic rings. The van der Waals surface area contributed by atoms with Crippen LogP contribution in [-0.4, -0.2) is 18.2 Å². The predicted molar refractivity (Wildman–Crippen MR) is 15.9 cm³/mol. The third-order valence-electron chi connectivity index (χ3n) is 0.729. The summed E-state index contributed by atoms with van der Waals surface area (Å²) in [7, 11) is 0. The van der Waals surface area contributed by atoms with E-state index in [1.807, 2.05) is 0 Å². The Labute approximate surface area is 121 Å². The minimum absolute atomic E-state index is 0. The summed E-state index contributed by atoms with van der Waals surface area (Å²) < 4.78 is 76.8. The minimum Gasteiger partial charge on any atom is -0.811 e. The van der Waals surface area contributed by atoms with Crippen LogP contribution in [0, 0.1) is 0 Å². The maximum absolute atomic E-state index is 11.3. The monoisotopic (exact) mass is 318 g/mol. The van der Waals surface area contributed by atoms with Crippen LogP contribution >= 0.6 is 0 Å². The Hall–Kier alpha value is 1.52. The summed E-state index contributed by atoms with van der Waals surface area (Å²) in [5, 5.41) is 9.23. The molecule has 0 saturated heterocycles. The van der Waals surface area contributed by atoms with E-state index in [-0.39, 0.29) is 68.9 Å². The fraction of sp³-hybridized carbons (Fsp3) is 1.00. The average Bonchev–Trinajstić information content (AvgIpc) is 1.58. The van der Waals surface area contributed by atoms with E-state index in [1.165, 1.54) is 0 Å². The molecule has 0 unspecified atom stereocenters. The molecule has 0 aromatic heterocycles. The van der Waals surface area contributed by atoms with Crippen LogP contribution in [0.2, 0.25) is 0 Å². The molecule has 0 spiro atoms. The Bertz CT molecular complexity index is 130. The zero-order chi connectivity index (χ0) is 9.50. The van der Waals surface area contributed by atoms with Gasteiger partial charge in [-0.1, -0.05) is 0 Å². The van der Waals surface area contributed by atoms with Crippen molar-refractivity contribution < 1.29 is 105 Å². The summed E-state index contributed by atoms with van der Waals surface area (Å²) >= 11 is 0. The van der Waals surface area contributed by atoms with Gasteiger partial charge in [0.05, 0.1) is 0 Å². The van der Waals surface area contributed by atoms with Crippen molar-refractivity contribution in [2.24, 2.45) is 0 Å². The van der Waals surface area contributed by atoms with E-state index in [4.69, 9.17) is 0 Å². The molecule has 0 radical (unpaired) electrons. The molecule has 68 valence electrons. The van der Waals surface area contributed by atoms with Crippen LogP contribution in [0.15, 0.2) is 0 Å². The molecule has 1 nitrogen and oxygen atoms in total. The molecular formula is C3CsF7O. The summed E-state index contributed by atoms with van der Waals surface area (Å²) in [6.07, 6.45) is -12.9. The van der Waals surface area contributed by atoms with Crippen molar-refractivity contribution in [3.63, 3.8) is 0 Å². The Balaban J connectivity index is 0. The zero-order valence-electron chi connectivity index (χ0n) is 5.55. The van der Waals surface area contributed by atoms with Crippen molar-refractivity contribution in [3.05, 3.63) is 0 Å². The second kappa shape index (κ2) is 4.36. The van der Waals surface area contributed by atoms with Gasteiger partial charge in [0.1, 0.15) is 0 Å². The second-order valence-corrected chi connectivity index (χ2v) is 1.59. The Morgan fingerprint density at radius 1 is 0.667 bits per heavy atom. The van der Waals surface area contributed by atoms with Crippen LogP contribution in [0.4, 0.5) is 30.7 Å². The van der Waals surface area contributed by atoms with Crippen molar-refractivity contribution in [3.8, 4) is 0 Å². The van der Waals surface area contributed by atoms with Gasteiger partial charge in [-0.25, -0.2) is 4.39 Å². The summed E-state index contributed by atoms with van der Waals surface area (Å²) in [5.74, 6) is -6.38. The van der Waals surface area contributed by atoms with Crippen LogP contribution in [-0.2, 0) is 0 Å². The van der Waals surface area contributed by atoms with Gasteiger partial charge in [0, 0.05) is 0 Å². The molecule has 0 fully saturated rings. The van der Waals surface area contributed by atoms with Gasteiger partial charge in [-0.15, -0.1) is 0 Å². The summed E-state index contributed by atoms with van der Waals surface area (Å²) in [6, 6.07) is 0. The van der Waals surface area contributed by atoms with E-state index in [0.29, 0.717) is 0 Å². The largest absolute Gasteiger partial charge is 1.00 e. The second-order valence-electron chi connectivity index (χ2n) is 1.59. The maximum atomic E-state index is 11.3. The molecule has 0 atom stereocenters. The van der Waals surface area contributed by atoms with Crippen molar-refractivity contribution in [1.82, 2.24) is 0 Å². The molecule has 12 heavy (non-hydrogen) atoms. The number of alkyl halides is 7. The Morgan fingerprint density at radius 2 is 0.833 bits per heavy atom. The van der Waals surface area contributed by atoms with Crippen LogP contribution in [0.5, 0.6) is 0 Å². The van der Waals surface area contributed by atoms with Crippen LogP contribution in [0.1, 0.15) is 0 Å². The molecule has 0 bridgehead atoms. The van der Waals surface area contributed by atoms with Crippen molar-refractivity contribution in [1.29, 1.82) is 0 Å². The van der Waals surface area contributed by atoms with E-state index < -0.39 is 18.2 Å². The molecule has 0 aromatic carbocycles. The first-order chi connectivity index (χ1) is 4.50. The van der Waals surface area contributed by atoms with Gasteiger partial charge in [-0.05, 0) is 0 Å². The first-order valence-corrected chi connectivity index (χ1v) is 2.03. The summed E-state index contributed by atoms with van der Waals surface area (Å²) in [5.41, 5.74) is 0. The molecule has 0 amide bonds. The predicted octanol–water partition coefficient (Wildman–Crippen LogP) is -1.86. The first kappa shape index (κ1) is 16.0. The van der Waals surface area contributed by atoms with Crippen LogP contribution in [0.3, 0.4) is 0 Å². The number of hydrogen-bond acceptors (Lipinski definition) is 1. The normalized spacial score (nSPS) is 14.0. The number of hydrogen-bond donors (Lipinski definition) is 0. The van der Waals surface area contributed by atoms with E-state index in [1.54, 1.807) is 0 Å². The van der Waals surface area contributed by atoms with E-state index >= 15 is 0 Å². The fourth-order valence-corrected chi connectivity index (χ4v) is 0.161. The standard InChI is InChI=1S/C3F7O.Cs/c4-1(11,2(5,6)7)3(8,9)10;/q-1;+1. The molecule has 0 aliphatic carbocycles. The van der Waals surface area contributed by atoms with E-state index in [9.17, 15) is 35.8 Å². The van der Waals surface area contributed by atoms with Crippen LogP contribution < -0.4 is 74.0 Å². The molecular weight excluding hydrogens is 318 g/mol. The molecule has 0 N–H and O–H groups in total. The molecule has 0 saturated carbocycles. The third kappa shape index (κ3) is 3.35. The fourth-order valence-electron chi connectivity index (χ4n) is 0.161. The van der Waals surface area contributed by atoms with Gasteiger partial charge in [-0.3, -0.25) is 0 Å². The van der Waals surface area contributed by atoms with Crippen molar-refractivity contribution in [2.75, 3.05) is 0 Å². The zero-order valence-corrected chi connectivity index (χ0v) is 11.8. The van der Waals surface area contributed by atoms with Gasteiger partial charge in [-0.2, -0.15) is 26.3 Å².